The highest BCUT2D eigenvalue weighted by Gasteiger charge is 2.43. The smallest absolute Gasteiger partial charge is 0.256 e. The summed E-state index contributed by atoms with van der Waals surface area (Å²) in [6, 6.07) is 11.3. The van der Waals surface area contributed by atoms with E-state index in [4.69, 9.17) is 9.47 Å². The van der Waals surface area contributed by atoms with Crippen LogP contribution in [0, 0.1) is 11.7 Å². The maximum absolute atomic E-state index is 14.2. The van der Waals surface area contributed by atoms with E-state index in [0.717, 1.165) is 5.56 Å². The summed E-state index contributed by atoms with van der Waals surface area (Å²) in [7, 11) is 4.88. The minimum absolute atomic E-state index is 0.00537. The lowest BCUT2D eigenvalue weighted by atomic mass is 9.87. The molecule has 0 unspecified atom stereocenters. The molecular formula is C23H27FN2O4. The molecular weight excluding hydrogens is 387 g/mol. The third kappa shape index (κ3) is 4.10. The van der Waals surface area contributed by atoms with Crippen LogP contribution in [0.3, 0.4) is 0 Å². The van der Waals surface area contributed by atoms with Gasteiger partial charge in [-0.15, -0.1) is 0 Å². The van der Waals surface area contributed by atoms with Crippen LogP contribution in [0.5, 0.6) is 11.5 Å². The first-order valence-electron chi connectivity index (χ1n) is 9.91. The van der Waals surface area contributed by atoms with E-state index in [1.54, 1.807) is 55.3 Å². The standard InChI is InChI=1S/C23H27FN2O4/c1-5-25(2)22(27)19-14-26(23(28)16-8-6-7-9-20(16)24)13-18(19)17-12-15(29-3)10-11-21(17)30-4/h6-12,18-19H,5,13-14H2,1-4H3/t18-,19-/m0/s1. The molecule has 30 heavy (non-hydrogen) atoms. The highest BCUT2D eigenvalue weighted by Crippen LogP contribution is 2.40. The van der Waals surface area contributed by atoms with Crippen LogP contribution in [-0.4, -0.2) is 62.5 Å². The molecule has 0 spiro atoms. The lowest BCUT2D eigenvalue weighted by molar-refractivity contribution is -0.133. The summed E-state index contributed by atoms with van der Waals surface area (Å²) in [4.78, 5) is 29.4. The van der Waals surface area contributed by atoms with Crippen molar-refractivity contribution < 1.29 is 23.5 Å². The summed E-state index contributed by atoms with van der Waals surface area (Å²) in [6.07, 6.45) is 0. The Labute approximate surface area is 176 Å². The van der Waals surface area contributed by atoms with Gasteiger partial charge < -0.3 is 19.3 Å². The Bertz CT molecular complexity index is 933. The second-order valence-electron chi connectivity index (χ2n) is 7.36. The Hall–Kier alpha value is -3.09. The number of hydrogen-bond donors (Lipinski definition) is 0. The van der Waals surface area contributed by atoms with Gasteiger partial charge in [-0.05, 0) is 37.3 Å². The van der Waals surface area contributed by atoms with E-state index >= 15 is 0 Å². The number of carbonyl (C=O) groups excluding carboxylic acids is 2. The maximum atomic E-state index is 14.2. The van der Waals surface area contributed by atoms with Gasteiger partial charge in [0.15, 0.2) is 0 Å². The number of amides is 2. The second-order valence-corrected chi connectivity index (χ2v) is 7.36. The topological polar surface area (TPSA) is 59.1 Å². The van der Waals surface area contributed by atoms with Crippen LogP contribution in [-0.2, 0) is 4.79 Å². The molecule has 0 aliphatic carbocycles. The zero-order chi connectivity index (χ0) is 21.8. The van der Waals surface area contributed by atoms with E-state index < -0.39 is 17.6 Å². The number of methoxy groups -OCH3 is 2. The van der Waals surface area contributed by atoms with Gasteiger partial charge in [0.05, 0.1) is 25.7 Å². The molecule has 0 N–H and O–H groups in total. The van der Waals surface area contributed by atoms with Crippen molar-refractivity contribution in [3.8, 4) is 11.5 Å². The largest absolute Gasteiger partial charge is 0.497 e. The van der Waals surface area contributed by atoms with Crippen molar-refractivity contribution in [1.29, 1.82) is 0 Å². The van der Waals surface area contributed by atoms with Crippen LogP contribution >= 0.6 is 0 Å². The number of carbonyl (C=O) groups is 2. The van der Waals surface area contributed by atoms with E-state index in [1.807, 2.05) is 13.0 Å². The number of benzene rings is 2. The molecule has 1 aliphatic heterocycles. The Balaban J connectivity index is 2.00. The Morgan fingerprint density at radius 3 is 2.50 bits per heavy atom. The van der Waals surface area contributed by atoms with E-state index in [1.165, 1.54) is 12.1 Å². The normalized spacial score (nSPS) is 18.2. The highest BCUT2D eigenvalue weighted by atomic mass is 19.1. The van der Waals surface area contributed by atoms with Crippen LogP contribution in [0.1, 0.15) is 28.8 Å². The van der Waals surface area contributed by atoms with Crippen molar-refractivity contribution in [1.82, 2.24) is 9.80 Å². The molecule has 2 aromatic carbocycles. The molecule has 3 rings (SSSR count). The first kappa shape index (κ1) is 21.6. The van der Waals surface area contributed by atoms with Gasteiger partial charge in [0.1, 0.15) is 17.3 Å². The average Bonchev–Trinajstić information content (AvgIpc) is 3.22. The number of likely N-dealkylation sites (tertiary alicyclic amines) is 1. The van der Waals surface area contributed by atoms with E-state index in [0.29, 0.717) is 18.0 Å². The quantitative estimate of drug-likeness (QED) is 0.729. The van der Waals surface area contributed by atoms with E-state index in [9.17, 15) is 14.0 Å². The SMILES string of the molecule is CCN(C)C(=O)[C@H]1CN(C(=O)c2ccccc2F)C[C@H]1c1cc(OC)ccc1OC. The van der Waals surface area contributed by atoms with Crippen LogP contribution in [0.4, 0.5) is 4.39 Å². The Morgan fingerprint density at radius 1 is 1.13 bits per heavy atom. The molecule has 2 aromatic rings. The van der Waals surface area contributed by atoms with Crippen LogP contribution in [0.25, 0.3) is 0 Å². The molecule has 160 valence electrons. The predicted molar refractivity (Wildman–Crippen MR) is 111 cm³/mol. The van der Waals surface area contributed by atoms with Gasteiger partial charge in [0.25, 0.3) is 5.91 Å². The molecule has 7 heteroatoms. The molecule has 1 heterocycles. The van der Waals surface area contributed by atoms with Crippen molar-refractivity contribution in [2.45, 2.75) is 12.8 Å². The lowest BCUT2D eigenvalue weighted by Crippen LogP contribution is -2.37. The van der Waals surface area contributed by atoms with Gasteiger partial charge in [-0.25, -0.2) is 4.39 Å². The molecule has 0 saturated carbocycles. The summed E-state index contributed by atoms with van der Waals surface area (Å²) in [5.41, 5.74) is 0.800. The second kappa shape index (κ2) is 9.15. The first-order chi connectivity index (χ1) is 14.4. The minimum Gasteiger partial charge on any atom is -0.497 e. The van der Waals surface area contributed by atoms with E-state index in [2.05, 4.69) is 0 Å². The monoisotopic (exact) mass is 414 g/mol. The third-order valence-corrected chi connectivity index (χ3v) is 5.72. The summed E-state index contributed by atoms with van der Waals surface area (Å²) in [5, 5.41) is 0. The van der Waals surface area contributed by atoms with Gasteiger partial charge in [0.2, 0.25) is 5.91 Å². The zero-order valence-corrected chi connectivity index (χ0v) is 17.7. The lowest BCUT2D eigenvalue weighted by Gasteiger charge is -2.24. The number of halogens is 1. The van der Waals surface area contributed by atoms with Crippen molar-refractivity contribution in [3.05, 3.63) is 59.4 Å². The summed E-state index contributed by atoms with van der Waals surface area (Å²) < 4.78 is 25.1. The molecule has 2 atom stereocenters. The van der Waals surface area contributed by atoms with Gasteiger partial charge in [-0.3, -0.25) is 9.59 Å². The maximum Gasteiger partial charge on any atom is 0.256 e. The third-order valence-electron chi connectivity index (χ3n) is 5.72. The van der Waals surface area contributed by atoms with Crippen molar-refractivity contribution in [2.75, 3.05) is 40.9 Å². The highest BCUT2D eigenvalue weighted by molar-refractivity contribution is 5.95. The number of nitrogens with zero attached hydrogens (tertiary/aromatic N) is 2. The van der Waals surface area contributed by atoms with Crippen LogP contribution < -0.4 is 9.47 Å². The van der Waals surface area contributed by atoms with Gasteiger partial charge in [0, 0.05) is 38.2 Å². The van der Waals surface area contributed by atoms with Crippen molar-refractivity contribution in [2.24, 2.45) is 5.92 Å². The number of ether oxygens (including phenoxy) is 2. The molecule has 0 bridgehead atoms. The Morgan fingerprint density at radius 2 is 1.87 bits per heavy atom. The fraction of sp³-hybridized carbons (Fsp3) is 0.391. The fourth-order valence-corrected chi connectivity index (χ4v) is 3.91. The Kier molecular flexibility index (Phi) is 6.59. The zero-order valence-electron chi connectivity index (χ0n) is 17.7. The van der Waals surface area contributed by atoms with Crippen LogP contribution in [0.2, 0.25) is 0 Å². The predicted octanol–water partition coefficient (Wildman–Crippen LogP) is 3.18. The number of rotatable bonds is 6. The molecule has 2 amide bonds. The molecule has 0 radical (unpaired) electrons. The number of hydrogen-bond acceptors (Lipinski definition) is 4. The molecule has 0 aromatic heterocycles. The summed E-state index contributed by atoms with van der Waals surface area (Å²) in [5.74, 6) is -0.555. The fourth-order valence-electron chi connectivity index (χ4n) is 3.91. The van der Waals surface area contributed by atoms with Gasteiger partial charge in [-0.1, -0.05) is 12.1 Å². The average molecular weight is 414 g/mol. The molecule has 1 aliphatic rings. The van der Waals surface area contributed by atoms with E-state index in [-0.39, 0.29) is 30.5 Å². The molecule has 1 fully saturated rings. The van der Waals surface area contributed by atoms with Crippen LogP contribution in [0.15, 0.2) is 42.5 Å². The minimum atomic E-state index is -0.571. The van der Waals surface area contributed by atoms with Crippen molar-refractivity contribution >= 4 is 11.8 Å². The summed E-state index contributed by atoms with van der Waals surface area (Å²) in [6.45, 7) is 2.95. The first-order valence-corrected chi connectivity index (χ1v) is 9.91. The van der Waals surface area contributed by atoms with Gasteiger partial charge >= 0.3 is 0 Å². The van der Waals surface area contributed by atoms with Crippen molar-refractivity contribution in [3.63, 3.8) is 0 Å². The molecule has 1 saturated heterocycles. The summed E-state index contributed by atoms with van der Waals surface area (Å²) >= 11 is 0. The van der Waals surface area contributed by atoms with Gasteiger partial charge in [-0.2, -0.15) is 0 Å². The molecule has 6 nitrogen and oxygen atoms in total.